The van der Waals surface area contributed by atoms with Crippen molar-refractivity contribution in [3.63, 3.8) is 0 Å². The Labute approximate surface area is 112 Å². The van der Waals surface area contributed by atoms with E-state index in [0.29, 0.717) is 17.1 Å². The fraction of sp³-hybridized carbons (Fsp3) is 0.143. The van der Waals surface area contributed by atoms with Crippen LogP contribution in [0.4, 0.5) is 13.2 Å². The lowest BCUT2D eigenvalue weighted by Crippen LogP contribution is -2.17. The molecule has 1 heterocycles. The molecule has 3 nitrogen and oxygen atoms in total. The first-order valence-corrected chi connectivity index (χ1v) is 5.77. The molecule has 2 aromatic rings. The third-order valence-corrected chi connectivity index (χ3v) is 2.77. The molecule has 3 rings (SSSR count). The molecule has 0 unspecified atom stereocenters. The van der Waals surface area contributed by atoms with Crippen LogP contribution in [-0.4, -0.2) is 13.2 Å². The van der Waals surface area contributed by atoms with Crippen LogP contribution in [0.1, 0.15) is 0 Å². The van der Waals surface area contributed by atoms with Crippen LogP contribution >= 0.6 is 0 Å². The molecule has 2 aromatic carbocycles. The van der Waals surface area contributed by atoms with Crippen molar-refractivity contribution in [3.8, 4) is 28.4 Å². The van der Waals surface area contributed by atoms with Crippen LogP contribution in [0.15, 0.2) is 42.5 Å². The highest BCUT2D eigenvalue weighted by Gasteiger charge is 2.31. The monoisotopic (exact) mass is 282 g/mol. The fourth-order valence-corrected chi connectivity index (χ4v) is 1.95. The zero-order valence-electron chi connectivity index (χ0n) is 10.1. The van der Waals surface area contributed by atoms with Crippen molar-refractivity contribution in [1.29, 1.82) is 0 Å². The number of rotatable bonds is 2. The molecule has 0 saturated heterocycles. The Kier molecular flexibility index (Phi) is 2.93. The molecule has 0 amide bonds. The molecule has 1 aliphatic rings. The molecule has 0 saturated carbocycles. The summed E-state index contributed by atoms with van der Waals surface area (Å²) in [6.07, 6.45) is -4.70. The summed E-state index contributed by atoms with van der Waals surface area (Å²) >= 11 is 0. The predicted molar refractivity (Wildman–Crippen MR) is 64.7 cm³/mol. The van der Waals surface area contributed by atoms with Gasteiger partial charge in [-0.3, -0.25) is 0 Å². The number of halogens is 3. The SMILES string of the molecule is FC(F)(F)Oc1cccc(-c2ccc3c(c2)OCO3)c1. The van der Waals surface area contributed by atoms with Gasteiger partial charge in [-0.2, -0.15) is 0 Å². The lowest BCUT2D eigenvalue weighted by Gasteiger charge is -2.10. The Morgan fingerprint density at radius 1 is 0.900 bits per heavy atom. The van der Waals surface area contributed by atoms with Crippen LogP contribution in [0.2, 0.25) is 0 Å². The normalized spacial score (nSPS) is 13.3. The van der Waals surface area contributed by atoms with Gasteiger partial charge in [0.05, 0.1) is 0 Å². The summed E-state index contributed by atoms with van der Waals surface area (Å²) in [5.41, 5.74) is 1.33. The van der Waals surface area contributed by atoms with E-state index in [9.17, 15) is 13.2 Å². The van der Waals surface area contributed by atoms with Crippen molar-refractivity contribution >= 4 is 0 Å². The van der Waals surface area contributed by atoms with E-state index in [2.05, 4.69) is 4.74 Å². The van der Waals surface area contributed by atoms with Crippen LogP contribution < -0.4 is 14.2 Å². The summed E-state index contributed by atoms with van der Waals surface area (Å²) < 4.78 is 50.9. The van der Waals surface area contributed by atoms with E-state index in [1.54, 1.807) is 24.3 Å². The van der Waals surface area contributed by atoms with Crippen molar-refractivity contribution < 1.29 is 27.4 Å². The average molecular weight is 282 g/mol. The van der Waals surface area contributed by atoms with Gasteiger partial charge < -0.3 is 14.2 Å². The molecule has 104 valence electrons. The third-order valence-electron chi connectivity index (χ3n) is 2.77. The molecule has 20 heavy (non-hydrogen) atoms. The van der Waals surface area contributed by atoms with Crippen LogP contribution in [0.5, 0.6) is 17.2 Å². The Morgan fingerprint density at radius 2 is 1.65 bits per heavy atom. The number of ether oxygens (including phenoxy) is 3. The first kappa shape index (κ1) is 12.7. The maximum Gasteiger partial charge on any atom is 0.573 e. The number of alkyl halides is 3. The molecule has 0 aliphatic carbocycles. The van der Waals surface area contributed by atoms with E-state index in [-0.39, 0.29) is 12.5 Å². The van der Waals surface area contributed by atoms with Crippen LogP contribution in [0, 0.1) is 0 Å². The second kappa shape index (κ2) is 4.63. The van der Waals surface area contributed by atoms with Crippen molar-refractivity contribution in [1.82, 2.24) is 0 Å². The summed E-state index contributed by atoms with van der Waals surface area (Å²) in [6, 6.07) is 11.0. The van der Waals surface area contributed by atoms with Crippen LogP contribution in [0.25, 0.3) is 11.1 Å². The third kappa shape index (κ3) is 2.64. The minimum absolute atomic E-state index is 0.149. The van der Waals surface area contributed by atoms with E-state index in [1.807, 2.05) is 0 Å². The first-order chi connectivity index (χ1) is 9.51. The maximum absolute atomic E-state index is 12.2. The Morgan fingerprint density at radius 3 is 2.45 bits per heavy atom. The van der Waals surface area contributed by atoms with E-state index < -0.39 is 6.36 Å². The molecule has 6 heteroatoms. The lowest BCUT2D eigenvalue weighted by molar-refractivity contribution is -0.274. The Hall–Kier alpha value is -2.37. The molecule has 0 atom stereocenters. The minimum atomic E-state index is -4.70. The van der Waals surface area contributed by atoms with Gasteiger partial charge in [0, 0.05) is 0 Å². The van der Waals surface area contributed by atoms with Gasteiger partial charge >= 0.3 is 6.36 Å². The molecular formula is C14H9F3O3. The van der Waals surface area contributed by atoms with Crippen molar-refractivity contribution in [2.45, 2.75) is 6.36 Å². The predicted octanol–water partition coefficient (Wildman–Crippen LogP) is 3.98. The smallest absolute Gasteiger partial charge is 0.454 e. The van der Waals surface area contributed by atoms with Crippen LogP contribution in [-0.2, 0) is 0 Å². The largest absolute Gasteiger partial charge is 0.573 e. The highest BCUT2D eigenvalue weighted by atomic mass is 19.4. The molecule has 0 radical (unpaired) electrons. The van der Waals surface area contributed by atoms with Gasteiger partial charge in [-0.05, 0) is 35.4 Å². The second-order valence-electron chi connectivity index (χ2n) is 4.14. The van der Waals surface area contributed by atoms with E-state index in [1.165, 1.54) is 18.2 Å². The first-order valence-electron chi connectivity index (χ1n) is 5.77. The molecule has 0 fully saturated rings. The molecule has 0 spiro atoms. The number of hydrogen-bond donors (Lipinski definition) is 0. The number of benzene rings is 2. The molecule has 0 aromatic heterocycles. The minimum Gasteiger partial charge on any atom is -0.454 e. The van der Waals surface area contributed by atoms with Crippen LogP contribution in [0.3, 0.4) is 0 Å². The number of hydrogen-bond acceptors (Lipinski definition) is 3. The zero-order valence-corrected chi connectivity index (χ0v) is 10.1. The Bertz CT molecular complexity index is 638. The van der Waals surface area contributed by atoms with Gasteiger partial charge in [-0.1, -0.05) is 18.2 Å². The molecular weight excluding hydrogens is 273 g/mol. The summed E-state index contributed by atoms with van der Waals surface area (Å²) in [6.45, 7) is 0.149. The summed E-state index contributed by atoms with van der Waals surface area (Å²) in [5.74, 6) is 0.939. The number of fused-ring (bicyclic) bond motifs is 1. The topological polar surface area (TPSA) is 27.7 Å². The lowest BCUT2D eigenvalue weighted by atomic mass is 10.1. The standard InChI is InChI=1S/C14H9F3O3/c15-14(16,17)20-11-3-1-2-9(6-11)10-4-5-12-13(7-10)19-8-18-12/h1-7H,8H2. The van der Waals surface area contributed by atoms with Gasteiger partial charge in [0.1, 0.15) is 5.75 Å². The fourth-order valence-electron chi connectivity index (χ4n) is 1.95. The van der Waals surface area contributed by atoms with Gasteiger partial charge in [-0.15, -0.1) is 13.2 Å². The summed E-state index contributed by atoms with van der Waals surface area (Å²) in [7, 11) is 0. The highest BCUT2D eigenvalue weighted by Crippen LogP contribution is 2.36. The zero-order chi connectivity index (χ0) is 14.2. The summed E-state index contributed by atoms with van der Waals surface area (Å²) in [5, 5.41) is 0. The van der Waals surface area contributed by atoms with E-state index in [0.717, 1.165) is 5.56 Å². The Balaban J connectivity index is 1.92. The highest BCUT2D eigenvalue weighted by molar-refractivity contribution is 5.68. The second-order valence-corrected chi connectivity index (χ2v) is 4.14. The van der Waals surface area contributed by atoms with Crippen molar-refractivity contribution in [3.05, 3.63) is 42.5 Å². The van der Waals surface area contributed by atoms with Crippen molar-refractivity contribution in [2.24, 2.45) is 0 Å². The maximum atomic E-state index is 12.2. The average Bonchev–Trinajstić information content (AvgIpc) is 2.84. The van der Waals surface area contributed by atoms with Gasteiger partial charge in [0.15, 0.2) is 11.5 Å². The van der Waals surface area contributed by atoms with E-state index in [4.69, 9.17) is 9.47 Å². The quantitative estimate of drug-likeness (QED) is 0.833. The molecule has 1 aliphatic heterocycles. The molecule has 0 bridgehead atoms. The van der Waals surface area contributed by atoms with Gasteiger partial charge in [0.2, 0.25) is 6.79 Å². The van der Waals surface area contributed by atoms with Gasteiger partial charge in [-0.25, -0.2) is 0 Å². The molecule has 0 N–H and O–H groups in total. The van der Waals surface area contributed by atoms with Crippen molar-refractivity contribution in [2.75, 3.05) is 6.79 Å². The summed E-state index contributed by atoms with van der Waals surface area (Å²) in [4.78, 5) is 0. The van der Waals surface area contributed by atoms with Gasteiger partial charge in [0.25, 0.3) is 0 Å². The van der Waals surface area contributed by atoms with E-state index >= 15 is 0 Å².